The van der Waals surface area contributed by atoms with Crippen LogP contribution in [0.3, 0.4) is 0 Å². The Morgan fingerprint density at radius 1 is 1.18 bits per heavy atom. The number of fused-ring (bicyclic) bond motifs is 1. The van der Waals surface area contributed by atoms with Gasteiger partial charge in [-0.2, -0.15) is 5.10 Å². The molecule has 4 aromatic rings. The first-order chi connectivity index (χ1) is 13.5. The van der Waals surface area contributed by atoms with E-state index in [2.05, 4.69) is 10.1 Å². The minimum atomic E-state index is -0.883. The van der Waals surface area contributed by atoms with E-state index in [9.17, 15) is 9.90 Å². The first kappa shape index (κ1) is 18.1. The van der Waals surface area contributed by atoms with E-state index in [0.29, 0.717) is 5.57 Å². The molecule has 0 saturated carbocycles. The largest absolute Gasteiger partial charge is 0.481 e. The standard InChI is InChI=1S/C22H19N3O2S/c1-14-7-3-4-8-17(14)21-16(13-25(2)24-21)11-15(12-20(26)27)22-23-18-9-5-6-10-19(18)28-22/h3-11,13H,12H2,1-2H3,(H,26,27)/b15-11+. The fraction of sp³-hybridized carbons (Fsp3) is 0.136. The number of aromatic nitrogens is 3. The van der Waals surface area contributed by atoms with E-state index in [0.717, 1.165) is 37.6 Å². The lowest BCUT2D eigenvalue weighted by molar-refractivity contribution is -0.135. The first-order valence-electron chi connectivity index (χ1n) is 8.89. The third-order valence-electron chi connectivity index (χ3n) is 4.50. The Hall–Kier alpha value is -3.25. The molecule has 2 aromatic heterocycles. The highest BCUT2D eigenvalue weighted by Crippen LogP contribution is 2.33. The van der Waals surface area contributed by atoms with E-state index in [1.807, 2.05) is 74.8 Å². The topological polar surface area (TPSA) is 68.0 Å². The van der Waals surface area contributed by atoms with Crippen LogP contribution in [0.2, 0.25) is 0 Å². The Kier molecular flexibility index (Phi) is 4.79. The minimum Gasteiger partial charge on any atom is -0.481 e. The van der Waals surface area contributed by atoms with E-state index in [-0.39, 0.29) is 6.42 Å². The van der Waals surface area contributed by atoms with Crippen molar-refractivity contribution in [3.8, 4) is 11.3 Å². The Bertz CT molecular complexity index is 1170. The molecule has 0 amide bonds. The second kappa shape index (κ2) is 7.40. The average molecular weight is 389 g/mol. The predicted molar refractivity (Wildman–Crippen MR) is 113 cm³/mol. The molecule has 0 fully saturated rings. The van der Waals surface area contributed by atoms with Crippen LogP contribution in [0.5, 0.6) is 0 Å². The van der Waals surface area contributed by atoms with Gasteiger partial charge in [-0.25, -0.2) is 4.98 Å². The maximum absolute atomic E-state index is 11.5. The molecule has 0 unspecified atom stereocenters. The van der Waals surface area contributed by atoms with E-state index >= 15 is 0 Å². The molecule has 0 aliphatic rings. The van der Waals surface area contributed by atoms with Crippen molar-refractivity contribution in [2.45, 2.75) is 13.3 Å². The van der Waals surface area contributed by atoms with Crippen molar-refractivity contribution in [3.05, 3.63) is 70.9 Å². The number of carboxylic acid groups (broad SMARTS) is 1. The number of nitrogens with zero attached hydrogens (tertiary/aromatic N) is 3. The highest BCUT2D eigenvalue weighted by Gasteiger charge is 2.16. The van der Waals surface area contributed by atoms with Crippen molar-refractivity contribution in [2.75, 3.05) is 0 Å². The maximum Gasteiger partial charge on any atom is 0.307 e. The lowest BCUT2D eigenvalue weighted by atomic mass is 10.0. The van der Waals surface area contributed by atoms with E-state index in [1.165, 1.54) is 11.3 Å². The second-order valence-electron chi connectivity index (χ2n) is 6.65. The third-order valence-corrected chi connectivity index (χ3v) is 5.61. The monoisotopic (exact) mass is 389 g/mol. The quantitative estimate of drug-likeness (QED) is 0.520. The summed E-state index contributed by atoms with van der Waals surface area (Å²) in [5.74, 6) is -0.883. The molecule has 28 heavy (non-hydrogen) atoms. The summed E-state index contributed by atoms with van der Waals surface area (Å²) in [6, 6.07) is 15.9. The van der Waals surface area contributed by atoms with Gasteiger partial charge in [0.15, 0.2) is 0 Å². The molecule has 5 nitrogen and oxygen atoms in total. The number of para-hydroxylation sites is 1. The molecular weight excluding hydrogens is 370 g/mol. The van der Waals surface area contributed by atoms with Gasteiger partial charge in [-0.05, 0) is 36.3 Å². The van der Waals surface area contributed by atoms with Crippen molar-refractivity contribution < 1.29 is 9.90 Å². The van der Waals surface area contributed by atoms with Gasteiger partial charge in [-0.15, -0.1) is 11.3 Å². The van der Waals surface area contributed by atoms with Crippen molar-refractivity contribution in [1.82, 2.24) is 14.8 Å². The summed E-state index contributed by atoms with van der Waals surface area (Å²) in [4.78, 5) is 16.2. The molecule has 0 bridgehead atoms. The Morgan fingerprint density at radius 2 is 1.93 bits per heavy atom. The van der Waals surface area contributed by atoms with E-state index < -0.39 is 5.97 Å². The van der Waals surface area contributed by atoms with Crippen LogP contribution < -0.4 is 0 Å². The smallest absolute Gasteiger partial charge is 0.307 e. The second-order valence-corrected chi connectivity index (χ2v) is 7.68. The fourth-order valence-electron chi connectivity index (χ4n) is 3.21. The lowest BCUT2D eigenvalue weighted by Gasteiger charge is -2.05. The minimum absolute atomic E-state index is 0.0953. The van der Waals surface area contributed by atoms with Crippen LogP contribution in [-0.4, -0.2) is 25.8 Å². The summed E-state index contributed by atoms with van der Waals surface area (Å²) in [5.41, 5.74) is 5.43. The summed E-state index contributed by atoms with van der Waals surface area (Å²) in [5, 5.41) is 14.8. The Labute approximate surface area is 166 Å². The van der Waals surface area contributed by atoms with Crippen LogP contribution in [0.1, 0.15) is 22.6 Å². The molecule has 0 atom stereocenters. The van der Waals surface area contributed by atoms with Gasteiger partial charge in [0, 0.05) is 24.4 Å². The number of thiazole rings is 1. The molecule has 4 rings (SSSR count). The van der Waals surface area contributed by atoms with Crippen LogP contribution in [0.15, 0.2) is 54.7 Å². The molecular formula is C22H19N3O2S. The van der Waals surface area contributed by atoms with Gasteiger partial charge < -0.3 is 5.11 Å². The SMILES string of the molecule is Cc1ccccc1-c1nn(C)cc1/C=C(\CC(=O)O)c1nc2ccccc2s1. The summed E-state index contributed by atoms with van der Waals surface area (Å²) >= 11 is 1.51. The van der Waals surface area contributed by atoms with Gasteiger partial charge >= 0.3 is 5.97 Å². The normalized spacial score (nSPS) is 11.9. The highest BCUT2D eigenvalue weighted by molar-refractivity contribution is 7.19. The molecule has 0 radical (unpaired) electrons. The first-order valence-corrected chi connectivity index (χ1v) is 9.71. The zero-order valence-corrected chi connectivity index (χ0v) is 16.4. The number of carbonyl (C=O) groups is 1. The number of aliphatic carboxylic acids is 1. The zero-order valence-electron chi connectivity index (χ0n) is 15.6. The number of hydrogen-bond acceptors (Lipinski definition) is 4. The van der Waals surface area contributed by atoms with Crippen LogP contribution in [0.25, 0.3) is 33.1 Å². The van der Waals surface area contributed by atoms with Crippen LogP contribution in [-0.2, 0) is 11.8 Å². The molecule has 0 spiro atoms. The summed E-state index contributed by atoms with van der Waals surface area (Å²) in [6.45, 7) is 2.04. The van der Waals surface area contributed by atoms with E-state index in [1.54, 1.807) is 4.68 Å². The molecule has 6 heteroatoms. The Balaban J connectivity index is 1.86. The molecule has 0 aliphatic carbocycles. The number of benzene rings is 2. The van der Waals surface area contributed by atoms with Crippen LogP contribution >= 0.6 is 11.3 Å². The van der Waals surface area contributed by atoms with Gasteiger partial charge in [0.2, 0.25) is 0 Å². The molecule has 1 N–H and O–H groups in total. The van der Waals surface area contributed by atoms with Crippen molar-refractivity contribution in [3.63, 3.8) is 0 Å². The van der Waals surface area contributed by atoms with Crippen LogP contribution in [0, 0.1) is 6.92 Å². The third kappa shape index (κ3) is 3.59. The molecule has 2 aromatic carbocycles. The molecule has 140 valence electrons. The molecule has 0 aliphatic heterocycles. The summed E-state index contributed by atoms with van der Waals surface area (Å²) < 4.78 is 2.80. The van der Waals surface area contributed by atoms with Gasteiger partial charge in [0.05, 0.1) is 22.3 Å². The predicted octanol–water partition coefficient (Wildman–Crippen LogP) is 5.02. The summed E-state index contributed by atoms with van der Waals surface area (Å²) in [7, 11) is 1.87. The lowest BCUT2D eigenvalue weighted by Crippen LogP contribution is -1.97. The number of rotatable bonds is 5. The Morgan fingerprint density at radius 3 is 2.68 bits per heavy atom. The number of hydrogen-bond donors (Lipinski definition) is 1. The van der Waals surface area contributed by atoms with Gasteiger partial charge in [-0.3, -0.25) is 9.48 Å². The summed E-state index contributed by atoms with van der Waals surface area (Å²) in [6.07, 6.45) is 3.72. The fourth-order valence-corrected chi connectivity index (χ4v) is 4.19. The van der Waals surface area contributed by atoms with Crippen molar-refractivity contribution in [1.29, 1.82) is 0 Å². The van der Waals surface area contributed by atoms with Gasteiger partial charge in [-0.1, -0.05) is 36.4 Å². The maximum atomic E-state index is 11.5. The average Bonchev–Trinajstić information content (AvgIpc) is 3.24. The van der Waals surface area contributed by atoms with E-state index in [4.69, 9.17) is 0 Å². The van der Waals surface area contributed by atoms with Crippen molar-refractivity contribution in [2.24, 2.45) is 7.05 Å². The van der Waals surface area contributed by atoms with Crippen LogP contribution in [0.4, 0.5) is 0 Å². The van der Waals surface area contributed by atoms with Gasteiger partial charge in [0.1, 0.15) is 5.01 Å². The zero-order chi connectivity index (χ0) is 19.7. The molecule has 2 heterocycles. The number of aryl methyl sites for hydroxylation is 2. The molecule has 0 saturated heterocycles. The van der Waals surface area contributed by atoms with Crippen molar-refractivity contribution >= 4 is 39.2 Å². The number of carboxylic acids is 1. The highest BCUT2D eigenvalue weighted by atomic mass is 32.1. The van der Waals surface area contributed by atoms with Gasteiger partial charge in [0.25, 0.3) is 0 Å².